The van der Waals surface area contributed by atoms with Gasteiger partial charge in [-0.2, -0.15) is 0 Å². The summed E-state index contributed by atoms with van der Waals surface area (Å²) in [6.45, 7) is 3.02. The summed E-state index contributed by atoms with van der Waals surface area (Å²) in [6, 6.07) is 10.5. The number of aromatic nitrogens is 1. The van der Waals surface area contributed by atoms with Gasteiger partial charge in [0.1, 0.15) is 0 Å². The van der Waals surface area contributed by atoms with Crippen molar-refractivity contribution < 1.29 is 4.79 Å². The number of benzene rings is 1. The van der Waals surface area contributed by atoms with Crippen molar-refractivity contribution >= 4 is 51.8 Å². The molecule has 1 N–H and O–H groups in total. The van der Waals surface area contributed by atoms with E-state index in [9.17, 15) is 4.79 Å². The Morgan fingerprint density at radius 1 is 1.31 bits per heavy atom. The van der Waals surface area contributed by atoms with E-state index in [1.165, 1.54) is 16.8 Å². The highest BCUT2D eigenvalue weighted by atomic mass is 127. The Labute approximate surface area is 198 Å². The van der Waals surface area contributed by atoms with Gasteiger partial charge in [0.15, 0.2) is 5.96 Å². The maximum absolute atomic E-state index is 11.9. The molecule has 158 valence electrons. The molecule has 1 aliphatic heterocycles. The number of guanidine groups is 1. The number of hydrogen-bond acceptors (Lipinski definition) is 2. The molecular weight excluding hydrogens is 545 g/mol. The predicted octanol–water partition coefficient (Wildman–Crippen LogP) is 3.74. The second-order valence-electron chi connectivity index (χ2n) is 7.26. The van der Waals surface area contributed by atoms with Crippen molar-refractivity contribution in [3.63, 3.8) is 0 Å². The molecule has 3 rings (SSSR count). The van der Waals surface area contributed by atoms with Crippen molar-refractivity contribution in [2.75, 3.05) is 20.6 Å². The van der Waals surface area contributed by atoms with Crippen LogP contribution in [0.1, 0.15) is 29.7 Å². The summed E-state index contributed by atoms with van der Waals surface area (Å²) in [4.78, 5) is 20.3. The smallest absolute Gasteiger partial charge is 0.222 e. The number of halogens is 2. The van der Waals surface area contributed by atoms with Crippen LogP contribution in [0.15, 0.2) is 46.0 Å². The van der Waals surface area contributed by atoms with E-state index in [4.69, 9.17) is 0 Å². The van der Waals surface area contributed by atoms with Crippen LogP contribution in [0.2, 0.25) is 0 Å². The Bertz CT molecular complexity index is 867. The molecule has 0 spiro atoms. The molecule has 8 heteroatoms. The van der Waals surface area contributed by atoms with Gasteiger partial charge in [-0.1, -0.05) is 24.3 Å². The van der Waals surface area contributed by atoms with E-state index in [0.717, 1.165) is 29.9 Å². The van der Waals surface area contributed by atoms with Crippen molar-refractivity contribution in [1.82, 2.24) is 19.7 Å². The number of rotatable bonds is 6. The number of aliphatic imine (C=N–C) groups is 1. The average molecular weight is 574 g/mol. The third-order valence-electron chi connectivity index (χ3n) is 5.03. The molecule has 1 fully saturated rings. The molecule has 1 aromatic carbocycles. The third kappa shape index (κ3) is 6.47. The fraction of sp³-hybridized carbons (Fsp3) is 0.429. The lowest BCUT2D eigenvalue weighted by Crippen LogP contribution is -2.38. The monoisotopic (exact) mass is 573 g/mol. The summed E-state index contributed by atoms with van der Waals surface area (Å²) in [7, 11) is 5.88. The molecule has 1 aliphatic rings. The quantitative estimate of drug-likeness (QED) is 0.325. The van der Waals surface area contributed by atoms with Gasteiger partial charge in [0.25, 0.3) is 0 Å². The summed E-state index contributed by atoms with van der Waals surface area (Å²) in [5.41, 5.74) is 3.56. The van der Waals surface area contributed by atoms with Gasteiger partial charge in [0.05, 0.1) is 6.54 Å². The number of carbonyl (C=O) groups excluding carboxylic acids is 1. The normalized spacial score (nSPS) is 14.1. The molecule has 0 bridgehead atoms. The molecule has 1 amide bonds. The molecule has 2 aromatic rings. The van der Waals surface area contributed by atoms with Gasteiger partial charge in [0.2, 0.25) is 5.91 Å². The van der Waals surface area contributed by atoms with Gasteiger partial charge < -0.3 is 19.7 Å². The molecule has 0 unspecified atom stereocenters. The zero-order chi connectivity index (χ0) is 20.1. The number of nitrogens with one attached hydrogen (secondary N) is 1. The maximum Gasteiger partial charge on any atom is 0.222 e. The predicted molar refractivity (Wildman–Crippen MR) is 131 cm³/mol. The Morgan fingerprint density at radius 3 is 2.69 bits per heavy atom. The first-order valence-electron chi connectivity index (χ1n) is 9.54. The van der Waals surface area contributed by atoms with E-state index in [-0.39, 0.29) is 29.9 Å². The Balaban J connectivity index is 0.00000300. The van der Waals surface area contributed by atoms with E-state index in [0.29, 0.717) is 19.5 Å². The highest BCUT2D eigenvalue weighted by Gasteiger charge is 2.20. The lowest BCUT2D eigenvalue weighted by molar-refractivity contribution is -0.128. The van der Waals surface area contributed by atoms with E-state index in [2.05, 4.69) is 72.2 Å². The Hall–Kier alpha value is -1.55. The molecule has 0 radical (unpaired) electrons. The van der Waals surface area contributed by atoms with Gasteiger partial charge in [-0.05, 0) is 39.5 Å². The first-order valence-corrected chi connectivity index (χ1v) is 10.3. The Morgan fingerprint density at radius 2 is 2.07 bits per heavy atom. The first-order chi connectivity index (χ1) is 13.5. The van der Waals surface area contributed by atoms with Crippen molar-refractivity contribution in [2.24, 2.45) is 12.0 Å². The fourth-order valence-corrected chi connectivity index (χ4v) is 4.11. The van der Waals surface area contributed by atoms with E-state index in [1.54, 1.807) is 7.05 Å². The molecule has 2 heterocycles. The van der Waals surface area contributed by atoms with Crippen molar-refractivity contribution in [3.05, 3.63) is 57.8 Å². The Kier molecular flexibility index (Phi) is 9.01. The largest absolute Gasteiger partial charge is 0.352 e. The highest BCUT2D eigenvalue weighted by molar-refractivity contribution is 14.0. The topological polar surface area (TPSA) is 52.9 Å². The van der Waals surface area contributed by atoms with Gasteiger partial charge in [-0.15, -0.1) is 24.0 Å². The first kappa shape index (κ1) is 23.7. The van der Waals surface area contributed by atoms with E-state index < -0.39 is 0 Å². The molecule has 1 saturated heterocycles. The van der Waals surface area contributed by atoms with Crippen LogP contribution in [-0.2, 0) is 31.5 Å². The van der Waals surface area contributed by atoms with Crippen molar-refractivity contribution in [1.29, 1.82) is 0 Å². The molecule has 0 aliphatic carbocycles. The van der Waals surface area contributed by atoms with Gasteiger partial charge in [-0.3, -0.25) is 9.79 Å². The number of nitrogens with zero attached hydrogens (tertiary/aromatic N) is 4. The van der Waals surface area contributed by atoms with Crippen LogP contribution in [0, 0.1) is 0 Å². The molecule has 1 aromatic heterocycles. The van der Waals surface area contributed by atoms with Crippen LogP contribution >= 0.6 is 39.9 Å². The number of aryl methyl sites for hydroxylation is 1. The van der Waals surface area contributed by atoms with Gasteiger partial charge >= 0.3 is 0 Å². The summed E-state index contributed by atoms with van der Waals surface area (Å²) in [5, 5.41) is 3.44. The van der Waals surface area contributed by atoms with E-state index in [1.807, 2.05) is 19.0 Å². The average Bonchev–Trinajstić information content (AvgIpc) is 3.20. The molecule has 0 atom stereocenters. The minimum absolute atomic E-state index is 0. The number of likely N-dealkylation sites (tertiary alicyclic amines) is 1. The minimum Gasteiger partial charge on any atom is -0.352 e. The third-order valence-corrected chi connectivity index (χ3v) is 5.47. The number of carbonyl (C=O) groups is 1. The summed E-state index contributed by atoms with van der Waals surface area (Å²) >= 11 is 3.52. The molecule has 0 saturated carbocycles. The maximum atomic E-state index is 11.9. The summed E-state index contributed by atoms with van der Waals surface area (Å²) in [5.74, 6) is 1.11. The minimum atomic E-state index is 0. The molecule has 6 nitrogen and oxygen atoms in total. The number of hydrogen-bond donors (Lipinski definition) is 1. The van der Waals surface area contributed by atoms with Crippen LogP contribution < -0.4 is 5.32 Å². The van der Waals surface area contributed by atoms with Gasteiger partial charge in [-0.25, -0.2) is 0 Å². The van der Waals surface area contributed by atoms with Crippen LogP contribution in [-0.4, -0.2) is 46.9 Å². The van der Waals surface area contributed by atoms with Crippen molar-refractivity contribution in [2.45, 2.75) is 32.5 Å². The zero-order valence-electron chi connectivity index (χ0n) is 17.2. The summed E-state index contributed by atoms with van der Waals surface area (Å²) < 4.78 is 3.19. The molecule has 29 heavy (non-hydrogen) atoms. The van der Waals surface area contributed by atoms with E-state index >= 15 is 0 Å². The fourth-order valence-electron chi connectivity index (χ4n) is 3.54. The summed E-state index contributed by atoms with van der Waals surface area (Å²) in [6.07, 6.45) is 3.71. The highest BCUT2D eigenvalue weighted by Crippen LogP contribution is 2.16. The zero-order valence-corrected chi connectivity index (χ0v) is 21.1. The second kappa shape index (κ2) is 11.0. The lowest BCUT2D eigenvalue weighted by atomic mass is 10.1. The SMILES string of the molecule is CN=C(NCc1cccc(CN2CCCC2=O)c1)N(C)Cc1cc(Br)cn1C.I. The molecular formula is C21H29BrIN5O. The number of amides is 1. The van der Waals surface area contributed by atoms with Crippen molar-refractivity contribution in [3.8, 4) is 0 Å². The van der Waals surface area contributed by atoms with Gasteiger partial charge in [0, 0.05) is 63.6 Å². The van der Waals surface area contributed by atoms with Crippen LogP contribution in [0.5, 0.6) is 0 Å². The van der Waals surface area contributed by atoms with Crippen LogP contribution in [0.25, 0.3) is 0 Å². The standard InChI is InChI=1S/C21H28BrN5O.HI/c1-23-21(26(3)15-19-11-18(22)14-25(19)2)24-12-16-6-4-7-17(10-16)13-27-9-5-8-20(27)28;/h4,6-7,10-11,14H,5,8-9,12-13,15H2,1-3H3,(H,23,24);1H. The van der Waals surface area contributed by atoms with Crippen LogP contribution in [0.4, 0.5) is 0 Å². The lowest BCUT2D eigenvalue weighted by Gasteiger charge is -2.22. The second-order valence-corrected chi connectivity index (χ2v) is 8.17. The van der Waals surface area contributed by atoms with Crippen LogP contribution in [0.3, 0.4) is 0 Å².